The van der Waals surface area contributed by atoms with Crippen molar-refractivity contribution in [2.24, 2.45) is 0 Å². The summed E-state index contributed by atoms with van der Waals surface area (Å²) in [5.41, 5.74) is 1.62. The number of nitrogens with zero attached hydrogens (tertiary/aromatic N) is 1. The van der Waals surface area contributed by atoms with Crippen LogP contribution in [0.25, 0.3) is 0 Å². The number of anilines is 1. The number of hydrogen-bond donors (Lipinski definition) is 0. The molecule has 1 saturated heterocycles. The van der Waals surface area contributed by atoms with E-state index in [1.165, 1.54) is 28.3 Å². The summed E-state index contributed by atoms with van der Waals surface area (Å²) in [6.45, 7) is 6.35. The zero-order chi connectivity index (χ0) is 19.1. The second kappa shape index (κ2) is 6.65. The van der Waals surface area contributed by atoms with Crippen molar-refractivity contribution in [2.75, 3.05) is 10.7 Å². The van der Waals surface area contributed by atoms with Gasteiger partial charge < -0.3 is 0 Å². The van der Waals surface area contributed by atoms with Crippen LogP contribution < -0.4 is 4.90 Å². The van der Waals surface area contributed by atoms with Crippen molar-refractivity contribution in [1.82, 2.24) is 0 Å². The fourth-order valence-corrected chi connectivity index (χ4v) is 4.11. The molecule has 138 valence electrons. The van der Waals surface area contributed by atoms with Gasteiger partial charge in [-0.25, -0.2) is 0 Å². The molecule has 6 heteroatoms. The quantitative estimate of drug-likeness (QED) is 0.659. The van der Waals surface area contributed by atoms with E-state index in [0.717, 1.165) is 17.7 Å². The summed E-state index contributed by atoms with van der Waals surface area (Å²) in [5.74, 6) is 0.0706. The minimum atomic E-state index is -4.43. The van der Waals surface area contributed by atoms with E-state index in [4.69, 9.17) is 0 Å². The predicted molar refractivity (Wildman–Crippen MR) is 99.3 cm³/mol. The van der Waals surface area contributed by atoms with Crippen LogP contribution in [-0.2, 0) is 16.4 Å². The van der Waals surface area contributed by atoms with E-state index >= 15 is 0 Å². The summed E-state index contributed by atoms with van der Waals surface area (Å²) in [6.07, 6.45) is -4.43. The molecular weight excluding hydrogens is 359 g/mol. The highest BCUT2D eigenvalue weighted by molar-refractivity contribution is 8.00. The molecule has 1 aliphatic rings. The van der Waals surface area contributed by atoms with Crippen molar-refractivity contribution in [3.63, 3.8) is 0 Å². The van der Waals surface area contributed by atoms with Crippen LogP contribution >= 0.6 is 11.8 Å². The molecule has 26 heavy (non-hydrogen) atoms. The molecule has 0 N–H and O–H groups in total. The van der Waals surface area contributed by atoms with Crippen LogP contribution in [0.3, 0.4) is 0 Å². The first-order valence-corrected chi connectivity index (χ1v) is 9.33. The minimum absolute atomic E-state index is 0.0118. The van der Waals surface area contributed by atoms with Crippen LogP contribution in [0.4, 0.5) is 18.9 Å². The maximum atomic E-state index is 13.0. The van der Waals surface area contributed by atoms with Gasteiger partial charge in [-0.1, -0.05) is 51.1 Å². The lowest BCUT2D eigenvalue weighted by atomic mass is 9.86. The van der Waals surface area contributed by atoms with E-state index in [0.29, 0.717) is 0 Å². The number of thioether (sulfide) groups is 1. The molecule has 0 aliphatic carbocycles. The van der Waals surface area contributed by atoms with Gasteiger partial charge in [0.25, 0.3) is 0 Å². The largest absolute Gasteiger partial charge is 0.416 e. The molecule has 0 saturated carbocycles. The molecule has 0 spiro atoms. The molecule has 0 aromatic heterocycles. The highest BCUT2D eigenvalue weighted by Crippen LogP contribution is 2.43. The molecule has 2 aromatic rings. The molecule has 2 nitrogen and oxygen atoms in total. The first-order valence-electron chi connectivity index (χ1n) is 8.29. The van der Waals surface area contributed by atoms with Gasteiger partial charge in [-0.3, -0.25) is 9.69 Å². The summed E-state index contributed by atoms with van der Waals surface area (Å²) in [4.78, 5) is 13.8. The Morgan fingerprint density at radius 1 is 1.00 bits per heavy atom. The lowest BCUT2D eigenvalue weighted by Gasteiger charge is -2.26. The van der Waals surface area contributed by atoms with E-state index in [2.05, 4.69) is 20.8 Å². The van der Waals surface area contributed by atoms with Gasteiger partial charge in [-0.15, -0.1) is 11.8 Å². The fraction of sp³-hybridized carbons (Fsp3) is 0.350. The van der Waals surface area contributed by atoms with Crippen molar-refractivity contribution < 1.29 is 18.0 Å². The normalized spacial score (nSPS) is 18.5. The van der Waals surface area contributed by atoms with Crippen molar-refractivity contribution >= 4 is 23.4 Å². The highest BCUT2D eigenvalue weighted by Gasteiger charge is 2.36. The molecule has 3 rings (SSSR count). The van der Waals surface area contributed by atoms with Crippen LogP contribution in [0, 0.1) is 0 Å². The van der Waals surface area contributed by atoms with Crippen molar-refractivity contribution in [2.45, 2.75) is 37.7 Å². The molecule has 1 atom stereocenters. The first kappa shape index (κ1) is 18.8. The second-order valence-corrected chi connectivity index (χ2v) is 8.42. The number of rotatable bonds is 2. The molecule has 2 aromatic carbocycles. The van der Waals surface area contributed by atoms with Crippen molar-refractivity contribution in [3.05, 3.63) is 65.2 Å². The average molecular weight is 379 g/mol. The lowest BCUT2D eigenvalue weighted by Crippen LogP contribution is -2.28. The second-order valence-electron chi connectivity index (χ2n) is 7.35. The van der Waals surface area contributed by atoms with Gasteiger partial charge in [0.1, 0.15) is 5.37 Å². The molecule has 1 fully saturated rings. The third kappa shape index (κ3) is 3.75. The van der Waals surface area contributed by atoms with E-state index in [9.17, 15) is 18.0 Å². The molecule has 0 bridgehead atoms. The van der Waals surface area contributed by atoms with Gasteiger partial charge in [0.15, 0.2) is 0 Å². The number of benzene rings is 2. The molecule has 1 heterocycles. The minimum Gasteiger partial charge on any atom is -0.295 e. The Kier molecular flexibility index (Phi) is 4.82. The highest BCUT2D eigenvalue weighted by atomic mass is 32.2. The number of alkyl halides is 3. The number of carbonyl (C=O) groups is 1. The zero-order valence-electron chi connectivity index (χ0n) is 14.8. The Morgan fingerprint density at radius 2 is 1.65 bits per heavy atom. The van der Waals surface area contributed by atoms with Gasteiger partial charge >= 0.3 is 6.18 Å². The topological polar surface area (TPSA) is 20.3 Å². The van der Waals surface area contributed by atoms with Crippen LogP contribution in [0.2, 0.25) is 0 Å². The van der Waals surface area contributed by atoms with Crippen LogP contribution in [-0.4, -0.2) is 11.7 Å². The number of carbonyl (C=O) groups excluding carboxylic acids is 1. The third-order valence-electron chi connectivity index (χ3n) is 4.38. The standard InChI is InChI=1S/C20H20F3NOS/c1-19(2,3)14-9-7-13(8-10-14)18-24(17(25)12-26-18)16-6-4-5-15(11-16)20(21,22)23/h4-11,18H,12H2,1-3H3. The van der Waals surface area contributed by atoms with E-state index in [-0.39, 0.29) is 28.1 Å². The lowest BCUT2D eigenvalue weighted by molar-refractivity contribution is -0.137. The van der Waals surface area contributed by atoms with Crippen LogP contribution in [0.1, 0.15) is 42.8 Å². The Morgan fingerprint density at radius 3 is 2.23 bits per heavy atom. The summed E-state index contributed by atoms with van der Waals surface area (Å²) in [6, 6.07) is 12.9. The van der Waals surface area contributed by atoms with Gasteiger partial charge in [0.05, 0.1) is 11.3 Å². The Hall–Kier alpha value is -1.95. The first-order chi connectivity index (χ1) is 12.1. The van der Waals surface area contributed by atoms with E-state index in [1.54, 1.807) is 6.07 Å². The number of halogens is 3. The molecule has 1 aliphatic heterocycles. The Bertz CT molecular complexity index is 809. The molecule has 1 unspecified atom stereocenters. The Balaban J connectivity index is 1.95. The van der Waals surface area contributed by atoms with Crippen molar-refractivity contribution in [3.8, 4) is 0 Å². The average Bonchev–Trinajstić information content (AvgIpc) is 2.95. The maximum Gasteiger partial charge on any atom is 0.416 e. The maximum absolute atomic E-state index is 13.0. The number of amides is 1. The van der Waals surface area contributed by atoms with Crippen LogP contribution in [0.5, 0.6) is 0 Å². The van der Waals surface area contributed by atoms with Crippen LogP contribution in [0.15, 0.2) is 48.5 Å². The SMILES string of the molecule is CC(C)(C)c1ccc(C2SCC(=O)N2c2cccc(C(F)(F)F)c2)cc1. The van der Waals surface area contributed by atoms with E-state index in [1.807, 2.05) is 24.3 Å². The summed E-state index contributed by atoms with van der Waals surface area (Å²) in [5, 5.41) is -0.319. The monoisotopic (exact) mass is 379 g/mol. The summed E-state index contributed by atoms with van der Waals surface area (Å²) < 4.78 is 39.1. The molecule has 0 radical (unpaired) electrons. The van der Waals surface area contributed by atoms with Gasteiger partial charge in [-0.2, -0.15) is 13.2 Å². The Labute approximate surface area is 155 Å². The van der Waals surface area contributed by atoms with Gasteiger partial charge in [0, 0.05) is 5.69 Å². The predicted octanol–water partition coefficient (Wildman–Crippen LogP) is 5.78. The molecular formula is C20H20F3NOS. The van der Waals surface area contributed by atoms with E-state index < -0.39 is 11.7 Å². The van der Waals surface area contributed by atoms with Crippen molar-refractivity contribution in [1.29, 1.82) is 0 Å². The number of hydrogen-bond acceptors (Lipinski definition) is 2. The molecule has 1 amide bonds. The van der Waals surface area contributed by atoms with Gasteiger partial charge in [-0.05, 0) is 34.7 Å². The summed E-state index contributed by atoms with van der Waals surface area (Å²) >= 11 is 1.43. The third-order valence-corrected chi connectivity index (χ3v) is 5.59. The zero-order valence-corrected chi connectivity index (χ0v) is 15.6. The fourth-order valence-electron chi connectivity index (χ4n) is 2.93. The van der Waals surface area contributed by atoms with Gasteiger partial charge in [0.2, 0.25) is 5.91 Å². The summed E-state index contributed by atoms with van der Waals surface area (Å²) in [7, 11) is 0. The smallest absolute Gasteiger partial charge is 0.295 e.